The average molecular weight is 262 g/mol. The lowest BCUT2D eigenvalue weighted by Crippen LogP contribution is -2.39. The van der Waals surface area contributed by atoms with Crippen molar-refractivity contribution in [3.05, 3.63) is 12.1 Å². The summed E-state index contributed by atoms with van der Waals surface area (Å²) in [5.74, 6) is 0.520. The molecule has 1 aliphatic heterocycles. The molecule has 8 heteroatoms. The van der Waals surface area contributed by atoms with Gasteiger partial charge in [0, 0.05) is 13.1 Å². The molecule has 3 heterocycles. The summed E-state index contributed by atoms with van der Waals surface area (Å²) in [6.45, 7) is 1.49. The molecule has 0 aliphatic carbocycles. The van der Waals surface area contributed by atoms with E-state index >= 15 is 0 Å². The minimum absolute atomic E-state index is 0.0925. The van der Waals surface area contributed by atoms with Crippen LogP contribution in [-0.2, 0) is 9.53 Å². The Morgan fingerprint density at radius 3 is 3.21 bits per heavy atom. The zero-order chi connectivity index (χ0) is 13.2. The van der Waals surface area contributed by atoms with E-state index in [2.05, 4.69) is 25.5 Å². The first-order valence-corrected chi connectivity index (χ1v) is 6.16. The Hall–Kier alpha value is -2.25. The predicted octanol–water partition coefficient (Wildman–Crippen LogP) is -0.0913. The molecule has 8 nitrogen and oxygen atoms in total. The molecule has 19 heavy (non-hydrogen) atoms. The number of carbonyl (C=O) groups excluding carboxylic acids is 1. The quantitative estimate of drug-likeness (QED) is 0.699. The molecule has 0 saturated carbocycles. The number of fused-ring (bicyclic) bond motifs is 1. The van der Waals surface area contributed by atoms with Crippen LogP contribution < -0.4 is 4.90 Å². The van der Waals surface area contributed by atoms with Crippen molar-refractivity contribution >= 4 is 17.4 Å². The maximum atomic E-state index is 11.6. The summed E-state index contributed by atoms with van der Waals surface area (Å²) in [5.41, 5.74) is 0.602. The van der Waals surface area contributed by atoms with Crippen LogP contribution in [0, 0.1) is 5.92 Å². The predicted molar refractivity (Wildman–Crippen MR) is 65.5 cm³/mol. The number of anilines is 1. The maximum absolute atomic E-state index is 11.6. The lowest BCUT2D eigenvalue weighted by atomic mass is 9.98. The fraction of sp³-hybridized carbons (Fsp3) is 0.545. The molecule has 100 valence electrons. The highest BCUT2D eigenvalue weighted by Gasteiger charge is 2.27. The monoisotopic (exact) mass is 262 g/mol. The van der Waals surface area contributed by atoms with Crippen LogP contribution in [0.2, 0.25) is 0 Å². The van der Waals surface area contributed by atoms with Crippen molar-refractivity contribution in [1.29, 1.82) is 0 Å². The maximum Gasteiger partial charge on any atom is 0.310 e. The van der Waals surface area contributed by atoms with E-state index in [1.807, 2.05) is 12.1 Å². The van der Waals surface area contributed by atoms with Gasteiger partial charge in [-0.3, -0.25) is 4.79 Å². The van der Waals surface area contributed by atoms with E-state index in [0.717, 1.165) is 25.2 Å². The van der Waals surface area contributed by atoms with Gasteiger partial charge in [0.05, 0.1) is 13.0 Å². The second-order valence-corrected chi connectivity index (χ2v) is 4.53. The van der Waals surface area contributed by atoms with Crippen LogP contribution in [0.3, 0.4) is 0 Å². The van der Waals surface area contributed by atoms with Crippen LogP contribution in [-0.4, -0.2) is 51.4 Å². The first-order valence-electron chi connectivity index (χ1n) is 6.16. The van der Waals surface area contributed by atoms with Gasteiger partial charge in [0.1, 0.15) is 0 Å². The zero-order valence-electron chi connectivity index (χ0n) is 10.6. The van der Waals surface area contributed by atoms with Crippen LogP contribution >= 0.6 is 0 Å². The highest BCUT2D eigenvalue weighted by Crippen LogP contribution is 2.22. The van der Waals surface area contributed by atoms with E-state index in [4.69, 9.17) is 4.74 Å². The molecule has 2 aromatic heterocycles. The van der Waals surface area contributed by atoms with Gasteiger partial charge in [-0.1, -0.05) is 0 Å². The number of esters is 1. The number of hydrogen-bond donors (Lipinski definition) is 0. The van der Waals surface area contributed by atoms with E-state index < -0.39 is 0 Å². The molecule has 1 fully saturated rings. The van der Waals surface area contributed by atoms with Gasteiger partial charge in [-0.2, -0.15) is 0 Å². The van der Waals surface area contributed by atoms with Crippen LogP contribution in [0.1, 0.15) is 12.8 Å². The first kappa shape index (κ1) is 11.8. The average Bonchev–Trinajstić information content (AvgIpc) is 2.94. The Morgan fingerprint density at radius 1 is 1.47 bits per heavy atom. The van der Waals surface area contributed by atoms with Crippen molar-refractivity contribution in [1.82, 2.24) is 25.3 Å². The van der Waals surface area contributed by atoms with Crippen molar-refractivity contribution in [3.63, 3.8) is 0 Å². The summed E-state index contributed by atoms with van der Waals surface area (Å²) < 4.78 is 6.19. The molecule has 0 spiro atoms. The van der Waals surface area contributed by atoms with Crippen LogP contribution in [0.25, 0.3) is 5.65 Å². The lowest BCUT2D eigenvalue weighted by molar-refractivity contribution is -0.145. The van der Waals surface area contributed by atoms with Crippen molar-refractivity contribution in [2.45, 2.75) is 12.8 Å². The summed E-state index contributed by atoms with van der Waals surface area (Å²) >= 11 is 0. The molecule has 0 N–H and O–H groups in total. The van der Waals surface area contributed by atoms with Crippen molar-refractivity contribution < 1.29 is 9.53 Å². The number of piperidine rings is 1. The van der Waals surface area contributed by atoms with Gasteiger partial charge in [0.15, 0.2) is 11.5 Å². The zero-order valence-corrected chi connectivity index (χ0v) is 10.6. The van der Waals surface area contributed by atoms with E-state index in [-0.39, 0.29) is 11.9 Å². The van der Waals surface area contributed by atoms with Crippen LogP contribution in [0.5, 0.6) is 0 Å². The minimum atomic E-state index is -0.159. The molecule has 0 bridgehead atoms. The standard InChI is InChI=1S/C11H14N6O2/c1-19-11(18)8-3-2-6-16(7-8)10-5-4-9-12-14-15-17(9)13-10/h4-5,8H,2-3,6-7H2,1H3. The second kappa shape index (κ2) is 4.79. The van der Waals surface area contributed by atoms with Gasteiger partial charge in [0.2, 0.25) is 0 Å². The molecule has 0 amide bonds. The van der Waals surface area contributed by atoms with Gasteiger partial charge in [-0.15, -0.1) is 14.8 Å². The van der Waals surface area contributed by atoms with Gasteiger partial charge in [-0.05, 0) is 35.4 Å². The fourth-order valence-electron chi connectivity index (χ4n) is 2.35. The van der Waals surface area contributed by atoms with E-state index in [0.29, 0.717) is 12.2 Å². The van der Waals surface area contributed by atoms with Crippen molar-refractivity contribution in [2.75, 3.05) is 25.1 Å². The molecule has 1 atom stereocenters. The Labute approximate surface area is 109 Å². The third-order valence-corrected chi connectivity index (χ3v) is 3.34. The number of nitrogens with zero attached hydrogens (tertiary/aromatic N) is 6. The molecular weight excluding hydrogens is 248 g/mol. The third kappa shape index (κ3) is 2.20. The smallest absolute Gasteiger partial charge is 0.310 e. The molecule has 1 saturated heterocycles. The summed E-state index contributed by atoms with van der Waals surface area (Å²) in [5, 5.41) is 15.5. The fourth-order valence-corrected chi connectivity index (χ4v) is 2.35. The molecule has 0 radical (unpaired) electrons. The van der Waals surface area contributed by atoms with Crippen molar-refractivity contribution in [2.24, 2.45) is 5.92 Å². The highest BCUT2D eigenvalue weighted by molar-refractivity contribution is 5.73. The topological polar surface area (TPSA) is 85.5 Å². The van der Waals surface area contributed by atoms with E-state index in [1.165, 1.54) is 11.7 Å². The van der Waals surface area contributed by atoms with Crippen LogP contribution in [0.15, 0.2) is 12.1 Å². The second-order valence-electron chi connectivity index (χ2n) is 4.53. The number of ether oxygens (including phenoxy) is 1. The molecule has 2 aromatic rings. The van der Waals surface area contributed by atoms with Gasteiger partial charge < -0.3 is 9.64 Å². The SMILES string of the molecule is COC(=O)C1CCCN(c2ccc3nnnn3n2)C1. The lowest BCUT2D eigenvalue weighted by Gasteiger charge is -2.31. The summed E-state index contributed by atoms with van der Waals surface area (Å²) in [7, 11) is 1.42. The highest BCUT2D eigenvalue weighted by atomic mass is 16.5. The summed E-state index contributed by atoms with van der Waals surface area (Å²) in [4.78, 5) is 13.7. The third-order valence-electron chi connectivity index (χ3n) is 3.34. The number of carbonyl (C=O) groups is 1. The Kier molecular flexibility index (Phi) is 2.98. The van der Waals surface area contributed by atoms with E-state index in [9.17, 15) is 4.79 Å². The molecular formula is C11H14N6O2. The molecule has 1 unspecified atom stereocenters. The van der Waals surface area contributed by atoms with Crippen LogP contribution in [0.4, 0.5) is 5.82 Å². The summed E-state index contributed by atoms with van der Waals surface area (Å²) in [6.07, 6.45) is 1.80. The Morgan fingerprint density at radius 2 is 2.37 bits per heavy atom. The number of hydrogen-bond acceptors (Lipinski definition) is 7. The Bertz CT molecular complexity index is 598. The molecule has 1 aliphatic rings. The normalized spacial score (nSPS) is 19.6. The largest absolute Gasteiger partial charge is 0.469 e. The van der Waals surface area contributed by atoms with Gasteiger partial charge in [0.25, 0.3) is 0 Å². The van der Waals surface area contributed by atoms with Crippen molar-refractivity contribution in [3.8, 4) is 0 Å². The molecule has 0 aromatic carbocycles. The minimum Gasteiger partial charge on any atom is -0.469 e. The Balaban J connectivity index is 1.82. The van der Waals surface area contributed by atoms with Gasteiger partial charge >= 0.3 is 5.97 Å². The number of aromatic nitrogens is 5. The molecule has 3 rings (SSSR count). The number of tetrazole rings is 1. The first-order chi connectivity index (χ1) is 9.28. The van der Waals surface area contributed by atoms with Gasteiger partial charge in [-0.25, -0.2) is 0 Å². The number of rotatable bonds is 2. The summed E-state index contributed by atoms with van der Waals surface area (Å²) in [6, 6.07) is 3.68. The number of methoxy groups -OCH3 is 1. The van der Waals surface area contributed by atoms with E-state index in [1.54, 1.807) is 0 Å².